The van der Waals surface area contributed by atoms with Crippen molar-refractivity contribution in [1.82, 2.24) is 9.97 Å². The van der Waals surface area contributed by atoms with E-state index in [-0.39, 0.29) is 17.9 Å². The average molecular weight is 419 g/mol. The van der Waals surface area contributed by atoms with Gasteiger partial charge in [-0.05, 0) is 55.5 Å². The van der Waals surface area contributed by atoms with Crippen LogP contribution in [0.5, 0.6) is 0 Å². The van der Waals surface area contributed by atoms with E-state index in [1.54, 1.807) is 6.92 Å². The summed E-state index contributed by atoms with van der Waals surface area (Å²) in [4.78, 5) is 26.6. The zero-order valence-corrected chi connectivity index (χ0v) is 18.5. The molecule has 0 bridgehead atoms. The first-order chi connectivity index (χ1) is 15.0. The van der Waals surface area contributed by atoms with Gasteiger partial charge in [-0.2, -0.15) is 0 Å². The third-order valence-electron chi connectivity index (χ3n) is 6.73. The number of anilines is 2. The molecule has 31 heavy (non-hydrogen) atoms. The number of aromatic nitrogens is 2. The predicted molar refractivity (Wildman–Crippen MR) is 123 cm³/mol. The van der Waals surface area contributed by atoms with Crippen LogP contribution in [0.4, 0.5) is 11.5 Å². The lowest BCUT2D eigenvalue weighted by atomic mass is 9.79. The number of carbonyl (C=O) groups is 1. The van der Waals surface area contributed by atoms with Crippen LogP contribution in [0, 0.1) is 18.8 Å². The molecule has 0 aromatic carbocycles. The highest BCUT2D eigenvalue weighted by Crippen LogP contribution is 2.50. The second kappa shape index (κ2) is 8.08. The molecule has 6 heteroatoms. The molecule has 2 fully saturated rings. The van der Waals surface area contributed by atoms with Crippen molar-refractivity contribution in [2.45, 2.75) is 39.7 Å². The fourth-order valence-corrected chi connectivity index (χ4v) is 5.09. The number of fused-ring (bicyclic) bond motifs is 1. The van der Waals surface area contributed by atoms with Crippen molar-refractivity contribution in [2.24, 2.45) is 11.8 Å². The van der Waals surface area contributed by atoms with E-state index in [0.29, 0.717) is 19.1 Å². The van der Waals surface area contributed by atoms with Crippen molar-refractivity contribution < 1.29 is 9.53 Å². The second-order valence-corrected chi connectivity index (χ2v) is 8.97. The minimum Gasteiger partial charge on any atom is -0.378 e. The van der Waals surface area contributed by atoms with Gasteiger partial charge in [0.15, 0.2) is 0 Å². The van der Waals surface area contributed by atoms with Crippen LogP contribution in [0.3, 0.4) is 0 Å². The summed E-state index contributed by atoms with van der Waals surface area (Å²) in [5.41, 5.74) is 5.24. The molecule has 5 rings (SSSR count). The first kappa shape index (κ1) is 20.2. The molecule has 2 atom stereocenters. The Balaban J connectivity index is 1.66. The molecule has 1 saturated carbocycles. The summed E-state index contributed by atoms with van der Waals surface area (Å²) in [7, 11) is 0. The van der Waals surface area contributed by atoms with Gasteiger partial charge in [0.2, 0.25) is 5.91 Å². The molecular weight excluding hydrogens is 388 g/mol. The van der Waals surface area contributed by atoms with Crippen LogP contribution in [0.2, 0.25) is 0 Å². The van der Waals surface area contributed by atoms with Crippen LogP contribution in [-0.4, -0.2) is 48.2 Å². The van der Waals surface area contributed by atoms with E-state index in [1.165, 1.54) is 18.4 Å². The first-order valence-electron chi connectivity index (χ1n) is 11.3. The summed E-state index contributed by atoms with van der Waals surface area (Å²) in [6, 6.07) is 8.47. The van der Waals surface area contributed by atoms with E-state index in [1.807, 2.05) is 24.1 Å². The van der Waals surface area contributed by atoms with E-state index < -0.39 is 0 Å². The van der Waals surface area contributed by atoms with Gasteiger partial charge in [0.1, 0.15) is 5.82 Å². The molecule has 0 N–H and O–H groups in total. The molecule has 2 aromatic rings. The number of morpholine rings is 1. The van der Waals surface area contributed by atoms with Crippen molar-refractivity contribution in [2.75, 3.05) is 36.1 Å². The standard InChI is InChI=1S/C25H30N4O2/c1-16-5-4-6-20(27-16)13-21-17(2)25(19-7-8-19)29(18(3)30)23-15-26-24(14-22(21)23)28-9-11-31-12-10-28/h4-6,13-15,17,19,25H,7-12H2,1-3H3/b21-13+/t17-,25?/m0/s1. The summed E-state index contributed by atoms with van der Waals surface area (Å²) in [5, 5.41) is 0. The van der Waals surface area contributed by atoms with Crippen LogP contribution in [0.1, 0.15) is 43.6 Å². The molecule has 162 valence electrons. The number of amides is 1. The maximum absolute atomic E-state index is 12.8. The highest BCUT2D eigenvalue weighted by Gasteiger charge is 2.45. The fourth-order valence-electron chi connectivity index (χ4n) is 5.09. The zero-order chi connectivity index (χ0) is 21.5. The number of hydrogen-bond acceptors (Lipinski definition) is 5. The molecule has 0 spiro atoms. The Bertz CT molecular complexity index is 1020. The monoisotopic (exact) mass is 418 g/mol. The lowest BCUT2D eigenvalue weighted by Crippen LogP contribution is -2.48. The van der Waals surface area contributed by atoms with Gasteiger partial charge in [0.05, 0.1) is 30.8 Å². The van der Waals surface area contributed by atoms with Crippen molar-refractivity contribution >= 4 is 29.1 Å². The normalized spacial score (nSPS) is 24.9. The quantitative estimate of drug-likeness (QED) is 0.756. The van der Waals surface area contributed by atoms with Crippen LogP contribution in [-0.2, 0) is 9.53 Å². The van der Waals surface area contributed by atoms with Gasteiger partial charge < -0.3 is 14.5 Å². The Morgan fingerprint density at radius 3 is 2.68 bits per heavy atom. The summed E-state index contributed by atoms with van der Waals surface area (Å²) in [5.74, 6) is 1.83. The Hall–Kier alpha value is -2.73. The smallest absolute Gasteiger partial charge is 0.224 e. The third kappa shape index (κ3) is 3.85. The van der Waals surface area contributed by atoms with Gasteiger partial charge in [0, 0.05) is 43.2 Å². The molecule has 0 radical (unpaired) electrons. The van der Waals surface area contributed by atoms with Gasteiger partial charge in [0.25, 0.3) is 0 Å². The fraction of sp³-hybridized carbons (Fsp3) is 0.480. The van der Waals surface area contributed by atoms with Crippen LogP contribution in [0.25, 0.3) is 11.6 Å². The van der Waals surface area contributed by atoms with Crippen molar-refractivity contribution in [3.63, 3.8) is 0 Å². The predicted octanol–water partition coefficient (Wildman–Crippen LogP) is 3.94. The number of nitrogens with zero attached hydrogens (tertiary/aromatic N) is 4. The number of rotatable bonds is 3. The highest BCUT2D eigenvalue weighted by atomic mass is 16.5. The first-order valence-corrected chi connectivity index (χ1v) is 11.3. The second-order valence-electron chi connectivity index (χ2n) is 8.97. The Morgan fingerprint density at radius 1 is 1.23 bits per heavy atom. The number of pyridine rings is 2. The molecule has 2 aromatic heterocycles. The molecule has 2 aliphatic heterocycles. The van der Waals surface area contributed by atoms with Gasteiger partial charge in [-0.1, -0.05) is 13.0 Å². The van der Waals surface area contributed by atoms with Gasteiger partial charge >= 0.3 is 0 Å². The molecule has 6 nitrogen and oxygen atoms in total. The van der Waals surface area contributed by atoms with Crippen molar-refractivity contribution in [3.8, 4) is 0 Å². The van der Waals surface area contributed by atoms with E-state index >= 15 is 0 Å². The number of ether oxygens (including phenoxy) is 1. The van der Waals surface area contributed by atoms with Crippen molar-refractivity contribution in [3.05, 3.63) is 47.4 Å². The van der Waals surface area contributed by atoms with Gasteiger partial charge in [-0.3, -0.25) is 9.78 Å². The summed E-state index contributed by atoms with van der Waals surface area (Å²) >= 11 is 0. The Morgan fingerprint density at radius 2 is 2.00 bits per heavy atom. The number of carbonyl (C=O) groups excluding carboxylic acids is 1. The molecule has 1 unspecified atom stereocenters. The third-order valence-corrected chi connectivity index (χ3v) is 6.73. The minimum absolute atomic E-state index is 0.0960. The lowest BCUT2D eigenvalue weighted by Gasteiger charge is -2.43. The lowest BCUT2D eigenvalue weighted by molar-refractivity contribution is -0.117. The SMILES string of the molecule is CC(=O)N1c2cnc(N3CCOCC3)cc2/C(=C/c2cccc(C)n2)[C@H](C)C1C1CC1. The van der Waals surface area contributed by atoms with E-state index in [0.717, 1.165) is 41.5 Å². The number of hydrogen-bond donors (Lipinski definition) is 0. The van der Waals surface area contributed by atoms with E-state index in [9.17, 15) is 4.79 Å². The molecule has 4 heterocycles. The number of aryl methyl sites for hydroxylation is 1. The maximum atomic E-state index is 12.8. The summed E-state index contributed by atoms with van der Waals surface area (Å²) in [6.45, 7) is 9.06. The molecule has 3 aliphatic rings. The zero-order valence-electron chi connectivity index (χ0n) is 18.5. The maximum Gasteiger partial charge on any atom is 0.224 e. The van der Waals surface area contributed by atoms with Crippen LogP contribution >= 0.6 is 0 Å². The van der Waals surface area contributed by atoms with E-state index in [2.05, 4.69) is 36.1 Å². The highest BCUT2D eigenvalue weighted by molar-refractivity contribution is 6.01. The molecular formula is C25H30N4O2. The van der Waals surface area contributed by atoms with Gasteiger partial charge in [-0.25, -0.2) is 4.98 Å². The molecule has 1 saturated heterocycles. The van der Waals surface area contributed by atoms with E-state index in [4.69, 9.17) is 14.7 Å². The Labute approximate surface area is 183 Å². The summed E-state index contributed by atoms with van der Waals surface area (Å²) < 4.78 is 5.52. The average Bonchev–Trinajstić information content (AvgIpc) is 3.60. The summed E-state index contributed by atoms with van der Waals surface area (Å²) in [6.07, 6.45) is 6.49. The van der Waals surface area contributed by atoms with Crippen molar-refractivity contribution in [1.29, 1.82) is 0 Å². The topological polar surface area (TPSA) is 58.6 Å². The van der Waals surface area contributed by atoms with Gasteiger partial charge in [-0.15, -0.1) is 0 Å². The molecule has 1 amide bonds. The Kier molecular flexibility index (Phi) is 5.26. The van der Waals surface area contributed by atoms with Crippen LogP contribution < -0.4 is 9.80 Å². The largest absolute Gasteiger partial charge is 0.378 e. The van der Waals surface area contributed by atoms with Crippen LogP contribution in [0.15, 0.2) is 30.5 Å². The minimum atomic E-state index is 0.0960. The molecule has 1 aliphatic carbocycles.